The third kappa shape index (κ3) is 3.35. The predicted octanol–water partition coefficient (Wildman–Crippen LogP) is 3.38. The van der Waals surface area contributed by atoms with Gasteiger partial charge in [0.15, 0.2) is 0 Å². The SMILES string of the molecule is NCC1CCCC(CNc2nc(N)nc3c2CCCC32CCCC2)C1. The molecule has 2 unspecified atom stereocenters. The molecule has 0 amide bonds. The van der Waals surface area contributed by atoms with Crippen molar-refractivity contribution in [2.75, 3.05) is 24.1 Å². The summed E-state index contributed by atoms with van der Waals surface area (Å²) in [5, 5.41) is 3.66. The van der Waals surface area contributed by atoms with E-state index in [1.807, 2.05) is 0 Å². The fourth-order valence-electron chi connectivity index (χ4n) is 5.63. The second-order valence-corrected chi connectivity index (χ2v) is 8.61. The maximum Gasteiger partial charge on any atom is 0.222 e. The minimum Gasteiger partial charge on any atom is -0.369 e. The number of nitrogen functional groups attached to an aromatic ring is 1. The van der Waals surface area contributed by atoms with Crippen LogP contribution in [0.3, 0.4) is 0 Å². The highest BCUT2D eigenvalue weighted by Crippen LogP contribution is 2.49. The Hall–Kier alpha value is -1.36. The van der Waals surface area contributed by atoms with Crippen molar-refractivity contribution in [1.29, 1.82) is 0 Å². The number of nitrogens with zero attached hydrogens (tertiary/aromatic N) is 2. The molecule has 0 aromatic carbocycles. The topological polar surface area (TPSA) is 89.8 Å². The Balaban J connectivity index is 1.53. The predicted molar refractivity (Wildman–Crippen MR) is 103 cm³/mol. The van der Waals surface area contributed by atoms with Crippen molar-refractivity contribution in [2.24, 2.45) is 17.6 Å². The lowest BCUT2D eigenvalue weighted by Gasteiger charge is -2.35. The van der Waals surface area contributed by atoms with Crippen LogP contribution >= 0.6 is 0 Å². The first-order valence-electron chi connectivity index (χ1n) is 10.3. The highest BCUT2D eigenvalue weighted by atomic mass is 15.1. The Bertz CT molecular complexity index is 608. The zero-order valence-corrected chi connectivity index (χ0v) is 15.4. The number of aromatic nitrogens is 2. The van der Waals surface area contributed by atoms with Gasteiger partial charge >= 0.3 is 0 Å². The van der Waals surface area contributed by atoms with E-state index in [4.69, 9.17) is 16.5 Å². The first-order valence-corrected chi connectivity index (χ1v) is 10.3. The van der Waals surface area contributed by atoms with Crippen LogP contribution in [0.25, 0.3) is 0 Å². The van der Waals surface area contributed by atoms with E-state index in [0.717, 1.165) is 25.3 Å². The van der Waals surface area contributed by atoms with Crippen LogP contribution in [0, 0.1) is 11.8 Å². The van der Waals surface area contributed by atoms with Gasteiger partial charge in [-0.25, -0.2) is 4.98 Å². The molecule has 5 N–H and O–H groups in total. The molecule has 1 heterocycles. The van der Waals surface area contributed by atoms with Crippen molar-refractivity contribution in [3.8, 4) is 0 Å². The van der Waals surface area contributed by atoms with E-state index in [9.17, 15) is 0 Å². The lowest BCUT2D eigenvalue weighted by atomic mass is 9.71. The third-order valence-electron chi connectivity index (χ3n) is 6.95. The van der Waals surface area contributed by atoms with Gasteiger partial charge in [-0.15, -0.1) is 0 Å². The minimum atomic E-state index is 0.288. The number of hydrogen-bond acceptors (Lipinski definition) is 5. The fourth-order valence-corrected chi connectivity index (χ4v) is 5.63. The third-order valence-corrected chi connectivity index (χ3v) is 6.95. The van der Waals surface area contributed by atoms with E-state index >= 15 is 0 Å². The van der Waals surface area contributed by atoms with Crippen LogP contribution in [0.2, 0.25) is 0 Å². The van der Waals surface area contributed by atoms with Crippen molar-refractivity contribution in [3.63, 3.8) is 0 Å². The van der Waals surface area contributed by atoms with E-state index in [-0.39, 0.29) is 5.41 Å². The zero-order chi connectivity index (χ0) is 17.3. The Morgan fingerprint density at radius 2 is 1.76 bits per heavy atom. The van der Waals surface area contributed by atoms with Gasteiger partial charge in [-0.3, -0.25) is 0 Å². The second-order valence-electron chi connectivity index (χ2n) is 8.61. The molecule has 1 aromatic rings. The second kappa shape index (κ2) is 7.10. The summed E-state index contributed by atoms with van der Waals surface area (Å²) in [4.78, 5) is 9.34. The fraction of sp³-hybridized carbons (Fsp3) is 0.800. The van der Waals surface area contributed by atoms with Crippen molar-refractivity contribution in [1.82, 2.24) is 9.97 Å². The quantitative estimate of drug-likeness (QED) is 0.780. The van der Waals surface area contributed by atoms with Gasteiger partial charge in [0, 0.05) is 17.5 Å². The monoisotopic (exact) mass is 343 g/mol. The summed E-state index contributed by atoms with van der Waals surface area (Å²) in [6, 6.07) is 0. The Labute approximate surface area is 151 Å². The summed E-state index contributed by atoms with van der Waals surface area (Å²) in [6.45, 7) is 1.82. The Morgan fingerprint density at radius 1 is 1.00 bits per heavy atom. The molecule has 1 aromatic heterocycles. The molecular formula is C20H33N5. The van der Waals surface area contributed by atoms with Crippen molar-refractivity contribution >= 4 is 11.8 Å². The van der Waals surface area contributed by atoms with Gasteiger partial charge in [-0.1, -0.05) is 19.3 Å². The molecule has 1 spiro atoms. The van der Waals surface area contributed by atoms with E-state index in [2.05, 4.69) is 10.3 Å². The van der Waals surface area contributed by atoms with E-state index in [0.29, 0.717) is 17.8 Å². The number of fused-ring (bicyclic) bond motifs is 2. The normalized spacial score (nSPS) is 28.0. The molecule has 0 bridgehead atoms. The smallest absolute Gasteiger partial charge is 0.222 e. The summed E-state index contributed by atoms with van der Waals surface area (Å²) < 4.78 is 0. The number of anilines is 2. The van der Waals surface area contributed by atoms with Crippen LogP contribution < -0.4 is 16.8 Å². The van der Waals surface area contributed by atoms with Crippen LogP contribution in [-0.4, -0.2) is 23.1 Å². The summed E-state index contributed by atoms with van der Waals surface area (Å²) in [5.74, 6) is 2.87. The molecule has 0 aliphatic heterocycles. The van der Waals surface area contributed by atoms with Crippen LogP contribution in [0.5, 0.6) is 0 Å². The zero-order valence-electron chi connectivity index (χ0n) is 15.4. The highest BCUT2D eigenvalue weighted by molar-refractivity contribution is 5.53. The minimum absolute atomic E-state index is 0.288. The lowest BCUT2D eigenvalue weighted by molar-refractivity contribution is 0.281. The van der Waals surface area contributed by atoms with Gasteiger partial charge in [0.05, 0.1) is 5.69 Å². The molecule has 2 atom stereocenters. The highest BCUT2D eigenvalue weighted by Gasteiger charge is 2.41. The summed E-state index contributed by atoms with van der Waals surface area (Å²) in [7, 11) is 0. The molecule has 2 saturated carbocycles. The average Bonchev–Trinajstić information content (AvgIpc) is 3.10. The van der Waals surface area contributed by atoms with Gasteiger partial charge in [0.25, 0.3) is 0 Å². The molecule has 5 nitrogen and oxygen atoms in total. The number of nitrogens with two attached hydrogens (primary N) is 2. The van der Waals surface area contributed by atoms with Crippen molar-refractivity contribution in [3.05, 3.63) is 11.3 Å². The summed E-state index contributed by atoms with van der Waals surface area (Å²) in [6.07, 6.45) is 14.0. The molecule has 5 heteroatoms. The van der Waals surface area contributed by atoms with Crippen molar-refractivity contribution in [2.45, 2.75) is 76.0 Å². The maximum absolute atomic E-state index is 6.11. The molecule has 25 heavy (non-hydrogen) atoms. The number of nitrogens with one attached hydrogen (secondary N) is 1. The van der Waals surface area contributed by atoms with Crippen LogP contribution in [0.15, 0.2) is 0 Å². The van der Waals surface area contributed by atoms with Crippen LogP contribution in [-0.2, 0) is 11.8 Å². The molecule has 4 rings (SSSR count). The van der Waals surface area contributed by atoms with E-state index in [1.165, 1.54) is 75.5 Å². The molecule has 2 fully saturated rings. The van der Waals surface area contributed by atoms with E-state index in [1.54, 1.807) is 0 Å². The van der Waals surface area contributed by atoms with Crippen molar-refractivity contribution < 1.29 is 0 Å². The molecule has 138 valence electrons. The van der Waals surface area contributed by atoms with Gasteiger partial charge < -0.3 is 16.8 Å². The number of hydrogen-bond donors (Lipinski definition) is 3. The molecule has 3 aliphatic rings. The average molecular weight is 344 g/mol. The lowest BCUT2D eigenvalue weighted by Crippen LogP contribution is -2.31. The molecule has 0 saturated heterocycles. The largest absolute Gasteiger partial charge is 0.369 e. The van der Waals surface area contributed by atoms with E-state index < -0.39 is 0 Å². The van der Waals surface area contributed by atoms with Crippen LogP contribution in [0.1, 0.15) is 75.5 Å². The Kier molecular flexibility index (Phi) is 4.85. The molecular weight excluding hydrogens is 310 g/mol. The first kappa shape index (κ1) is 17.1. The van der Waals surface area contributed by atoms with Gasteiger partial charge in [-0.05, 0) is 69.7 Å². The summed E-state index contributed by atoms with van der Waals surface area (Å²) >= 11 is 0. The van der Waals surface area contributed by atoms with Gasteiger partial charge in [0.1, 0.15) is 5.82 Å². The molecule has 3 aliphatic carbocycles. The summed E-state index contributed by atoms with van der Waals surface area (Å²) in [5.41, 5.74) is 14.9. The first-order chi connectivity index (χ1) is 12.2. The number of rotatable bonds is 4. The van der Waals surface area contributed by atoms with Crippen LogP contribution in [0.4, 0.5) is 11.8 Å². The maximum atomic E-state index is 6.11. The Morgan fingerprint density at radius 3 is 2.56 bits per heavy atom. The van der Waals surface area contributed by atoms with Gasteiger partial charge in [-0.2, -0.15) is 4.98 Å². The van der Waals surface area contributed by atoms with Gasteiger partial charge in [0.2, 0.25) is 5.95 Å². The molecule has 0 radical (unpaired) electrons. The standard InChI is InChI=1S/C20H33N5/c21-12-14-5-3-6-15(11-14)13-23-18-16-7-4-10-20(8-1-2-9-20)17(16)24-19(22)25-18/h14-15H,1-13,21H2,(H3,22,23,24,25).